The quantitative estimate of drug-likeness (QED) is 0.795. The molecule has 2 aromatic carbocycles. The van der Waals surface area contributed by atoms with Crippen molar-refractivity contribution < 1.29 is 8.78 Å². The van der Waals surface area contributed by atoms with Gasteiger partial charge in [0.25, 0.3) is 0 Å². The molecule has 2 rings (SSSR count). The molecule has 0 amide bonds. The van der Waals surface area contributed by atoms with E-state index in [1.165, 1.54) is 12.1 Å². The third-order valence-corrected chi connectivity index (χ3v) is 3.76. The average Bonchev–Trinajstić information content (AvgIpc) is 2.38. The van der Waals surface area contributed by atoms with E-state index in [1.807, 2.05) is 0 Å². The molecule has 2 aromatic rings. The summed E-state index contributed by atoms with van der Waals surface area (Å²) in [5, 5.41) is 3.34. The summed E-state index contributed by atoms with van der Waals surface area (Å²) in [5.41, 5.74) is 1.11. The van der Waals surface area contributed by atoms with Gasteiger partial charge in [0.2, 0.25) is 0 Å². The third-order valence-electron chi connectivity index (χ3n) is 2.75. The molecule has 19 heavy (non-hydrogen) atoms. The number of hydrogen-bond acceptors (Lipinski definition) is 1. The Morgan fingerprint density at radius 2 is 1.95 bits per heavy atom. The molecule has 0 saturated heterocycles. The normalized spacial score (nSPS) is 10.6. The summed E-state index contributed by atoms with van der Waals surface area (Å²) in [6.45, 7) is 1.87. The van der Waals surface area contributed by atoms with Crippen molar-refractivity contribution in [3.63, 3.8) is 0 Å². The van der Waals surface area contributed by atoms with Crippen LogP contribution in [0.25, 0.3) is 0 Å². The van der Waals surface area contributed by atoms with Crippen LogP contribution in [0.5, 0.6) is 0 Å². The molecule has 100 valence electrons. The second kappa shape index (κ2) is 5.88. The van der Waals surface area contributed by atoms with Gasteiger partial charge in [0.15, 0.2) is 5.82 Å². The van der Waals surface area contributed by atoms with Crippen LogP contribution < -0.4 is 5.32 Å². The number of benzene rings is 2. The van der Waals surface area contributed by atoms with Crippen molar-refractivity contribution in [2.75, 3.05) is 5.32 Å². The van der Waals surface area contributed by atoms with Crippen molar-refractivity contribution in [1.82, 2.24) is 0 Å². The Hall–Kier alpha value is -1.13. The molecular formula is C14H11BrClF2N. The van der Waals surface area contributed by atoms with Crippen molar-refractivity contribution in [2.45, 2.75) is 13.5 Å². The van der Waals surface area contributed by atoms with Gasteiger partial charge in [-0.05, 0) is 42.3 Å². The first-order valence-corrected chi connectivity index (χ1v) is 6.78. The highest BCUT2D eigenvalue weighted by Gasteiger charge is 2.11. The van der Waals surface area contributed by atoms with E-state index in [1.54, 1.807) is 25.1 Å². The lowest BCUT2D eigenvalue weighted by atomic mass is 10.1. The van der Waals surface area contributed by atoms with Crippen LogP contribution in [0.15, 0.2) is 34.8 Å². The van der Waals surface area contributed by atoms with Gasteiger partial charge in [0, 0.05) is 16.0 Å². The van der Waals surface area contributed by atoms with Crippen molar-refractivity contribution in [3.8, 4) is 0 Å². The molecule has 0 aliphatic rings. The van der Waals surface area contributed by atoms with Gasteiger partial charge in [-0.25, -0.2) is 8.78 Å². The van der Waals surface area contributed by atoms with E-state index in [4.69, 9.17) is 11.6 Å². The Morgan fingerprint density at radius 3 is 2.68 bits per heavy atom. The first-order valence-electron chi connectivity index (χ1n) is 5.61. The van der Waals surface area contributed by atoms with E-state index in [0.29, 0.717) is 10.6 Å². The van der Waals surface area contributed by atoms with Crippen LogP contribution >= 0.6 is 27.5 Å². The Bertz CT molecular complexity index is 617. The van der Waals surface area contributed by atoms with E-state index in [0.717, 1.165) is 10.0 Å². The number of hydrogen-bond donors (Lipinski definition) is 1. The summed E-state index contributed by atoms with van der Waals surface area (Å²) in [6.07, 6.45) is 0. The maximum absolute atomic E-state index is 13.8. The number of rotatable bonds is 3. The highest BCUT2D eigenvalue weighted by molar-refractivity contribution is 9.10. The van der Waals surface area contributed by atoms with Gasteiger partial charge >= 0.3 is 0 Å². The topological polar surface area (TPSA) is 12.0 Å². The lowest BCUT2D eigenvalue weighted by Crippen LogP contribution is -2.05. The predicted molar refractivity (Wildman–Crippen MR) is 77.6 cm³/mol. The largest absolute Gasteiger partial charge is 0.376 e. The van der Waals surface area contributed by atoms with Gasteiger partial charge in [-0.2, -0.15) is 0 Å². The van der Waals surface area contributed by atoms with E-state index in [9.17, 15) is 8.78 Å². The Morgan fingerprint density at radius 1 is 1.21 bits per heavy atom. The molecule has 0 aromatic heterocycles. The summed E-state index contributed by atoms with van der Waals surface area (Å²) < 4.78 is 28.2. The van der Waals surface area contributed by atoms with Crippen molar-refractivity contribution in [1.29, 1.82) is 0 Å². The highest BCUT2D eigenvalue weighted by Crippen LogP contribution is 2.25. The number of nitrogens with one attached hydrogen (secondary N) is 1. The lowest BCUT2D eigenvalue weighted by molar-refractivity contribution is 0.582. The van der Waals surface area contributed by atoms with Gasteiger partial charge in [-0.1, -0.05) is 33.6 Å². The van der Waals surface area contributed by atoms with Crippen molar-refractivity contribution in [2.24, 2.45) is 0 Å². The molecule has 0 unspecified atom stereocenters. The summed E-state index contributed by atoms with van der Waals surface area (Å²) in [5.74, 6) is -1.18. The summed E-state index contributed by atoms with van der Waals surface area (Å²) >= 11 is 9.26. The standard InChI is InChI=1S/C14H11BrClF2N/c1-8-2-5-12(17)14(13(8)18)19-7-9-6-10(16)3-4-11(9)15/h2-6,19H,7H2,1H3. The molecule has 0 fully saturated rings. The molecular weight excluding hydrogens is 336 g/mol. The Kier molecular flexibility index (Phi) is 4.42. The molecule has 0 radical (unpaired) electrons. The van der Waals surface area contributed by atoms with Gasteiger partial charge in [-0.15, -0.1) is 0 Å². The number of aryl methyl sites for hydroxylation is 1. The van der Waals surface area contributed by atoms with E-state index in [2.05, 4.69) is 21.2 Å². The lowest BCUT2D eigenvalue weighted by Gasteiger charge is -2.11. The third kappa shape index (κ3) is 3.25. The molecule has 0 aliphatic carbocycles. The molecule has 0 bridgehead atoms. The van der Waals surface area contributed by atoms with Crippen molar-refractivity contribution >= 4 is 33.2 Å². The summed E-state index contributed by atoms with van der Waals surface area (Å²) in [4.78, 5) is 0. The molecule has 5 heteroatoms. The molecule has 1 N–H and O–H groups in total. The first kappa shape index (κ1) is 14.3. The smallest absolute Gasteiger partial charge is 0.152 e. The zero-order valence-electron chi connectivity index (χ0n) is 10.1. The molecule has 0 atom stereocenters. The van der Waals surface area contributed by atoms with Gasteiger partial charge in [-0.3, -0.25) is 0 Å². The second-order valence-electron chi connectivity index (χ2n) is 4.14. The Labute approximate surface area is 123 Å². The molecule has 0 aliphatic heterocycles. The molecule has 0 spiro atoms. The van der Waals surface area contributed by atoms with Crippen LogP contribution in [0.3, 0.4) is 0 Å². The van der Waals surface area contributed by atoms with Crippen LogP contribution in [0, 0.1) is 18.6 Å². The fraction of sp³-hybridized carbons (Fsp3) is 0.143. The fourth-order valence-electron chi connectivity index (χ4n) is 1.68. The second-order valence-corrected chi connectivity index (χ2v) is 5.43. The summed E-state index contributed by atoms with van der Waals surface area (Å²) in [7, 11) is 0. The minimum absolute atomic E-state index is 0.119. The highest BCUT2D eigenvalue weighted by atomic mass is 79.9. The minimum Gasteiger partial charge on any atom is -0.376 e. The maximum atomic E-state index is 13.8. The van der Waals surface area contributed by atoms with E-state index in [-0.39, 0.29) is 12.2 Å². The van der Waals surface area contributed by atoms with Gasteiger partial charge in [0.1, 0.15) is 11.5 Å². The van der Waals surface area contributed by atoms with Crippen molar-refractivity contribution in [3.05, 3.63) is 62.6 Å². The molecule has 0 heterocycles. The maximum Gasteiger partial charge on any atom is 0.152 e. The predicted octanol–water partition coefficient (Wildman–Crippen LogP) is 5.30. The number of halogens is 4. The fourth-order valence-corrected chi connectivity index (χ4v) is 2.26. The average molecular weight is 347 g/mol. The zero-order chi connectivity index (χ0) is 14.0. The monoisotopic (exact) mass is 345 g/mol. The van der Waals surface area contributed by atoms with Gasteiger partial charge in [0.05, 0.1) is 0 Å². The minimum atomic E-state index is -0.610. The van der Waals surface area contributed by atoms with Crippen LogP contribution in [-0.4, -0.2) is 0 Å². The van der Waals surface area contributed by atoms with E-state index >= 15 is 0 Å². The first-order chi connectivity index (χ1) is 8.99. The van der Waals surface area contributed by atoms with Gasteiger partial charge < -0.3 is 5.32 Å². The van der Waals surface area contributed by atoms with Crippen LogP contribution in [0.1, 0.15) is 11.1 Å². The molecule has 0 saturated carbocycles. The van der Waals surface area contributed by atoms with Crippen LogP contribution in [0.4, 0.5) is 14.5 Å². The molecule has 1 nitrogen and oxygen atoms in total. The van der Waals surface area contributed by atoms with Crippen LogP contribution in [0.2, 0.25) is 5.02 Å². The number of anilines is 1. The van der Waals surface area contributed by atoms with E-state index < -0.39 is 11.6 Å². The van der Waals surface area contributed by atoms with Crippen LogP contribution in [-0.2, 0) is 6.54 Å². The SMILES string of the molecule is Cc1ccc(F)c(NCc2cc(Cl)ccc2Br)c1F. The Balaban J connectivity index is 2.24. The zero-order valence-corrected chi connectivity index (χ0v) is 12.4. The summed E-state index contributed by atoms with van der Waals surface area (Å²) in [6, 6.07) is 7.93.